The highest BCUT2D eigenvalue weighted by Gasteiger charge is 2.27. The van der Waals surface area contributed by atoms with Crippen molar-refractivity contribution in [3.8, 4) is 5.75 Å². The topological polar surface area (TPSA) is 21.3 Å². The lowest BCUT2D eigenvalue weighted by molar-refractivity contribution is 0.120. The van der Waals surface area contributed by atoms with Crippen LogP contribution >= 0.6 is 23.2 Å². The largest absolute Gasteiger partial charge is 0.488 e. The minimum Gasteiger partial charge on any atom is -0.488 e. The summed E-state index contributed by atoms with van der Waals surface area (Å²) in [4.78, 5) is 0. The Hall–Kier alpha value is -0.440. The molecule has 4 heteroatoms. The lowest BCUT2D eigenvalue weighted by atomic mass is 9.93. The third-order valence-electron chi connectivity index (χ3n) is 3.52. The van der Waals surface area contributed by atoms with E-state index < -0.39 is 0 Å². The molecule has 2 nitrogen and oxygen atoms in total. The average Bonchev–Trinajstić information content (AvgIpc) is 2.87. The van der Waals surface area contributed by atoms with Gasteiger partial charge in [-0.05, 0) is 37.4 Å². The first-order valence-electron chi connectivity index (χ1n) is 6.89. The maximum Gasteiger partial charge on any atom is 0.139 e. The predicted octanol–water partition coefficient (Wildman–Crippen LogP) is 4.40. The minimum absolute atomic E-state index is 0.200. The van der Waals surface area contributed by atoms with Crippen LogP contribution in [0.5, 0.6) is 5.75 Å². The van der Waals surface area contributed by atoms with Gasteiger partial charge >= 0.3 is 0 Å². The van der Waals surface area contributed by atoms with E-state index in [1.165, 1.54) is 0 Å². The number of benzene rings is 1. The maximum absolute atomic E-state index is 6.21. The number of rotatable bonds is 5. The second-order valence-corrected chi connectivity index (χ2v) is 6.38. The number of hydrogen-bond acceptors (Lipinski definition) is 2. The van der Waals surface area contributed by atoms with Crippen LogP contribution in [0.25, 0.3) is 0 Å². The van der Waals surface area contributed by atoms with Crippen LogP contribution < -0.4 is 10.1 Å². The molecule has 1 fully saturated rings. The molecule has 1 aliphatic rings. The van der Waals surface area contributed by atoms with Crippen molar-refractivity contribution in [1.29, 1.82) is 0 Å². The van der Waals surface area contributed by atoms with Crippen LogP contribution in [0.1, 0.15) is 26.7 Å². The molecule has 0 bridgehead atoms. The summed E-state index contributed by atoms with van der Waals surface area (Å²) in [5, 5.41) is 4.46. The SMILES string of the molecule is CC(C)C[C@@H](Oc1cccc(Cl)c1Cl)[C@H]1CCNC1. The molecule has 19 heavy (non-hydrogen) atoms. The van der Waals surface area contributed by atoms with Crippen molar-refractivity contribution in [2.45, 2.75) is 32.8 Å². The van der Waals surface area contributed by atoms with Gasteiger partial charge in [0, 0.05) is 12.5 Å². The Kier molecular flexibility index (Phi) is 5.37. The molecule has 1 N–H and O–H groups in total. The molecule has 0 radical (unpaired) electrons. The lowest BCUT2D eigenvalue weighted by Crippen LogP contribution is -2.30. The Balaban J connectivity index is 2.12. The van der Waals surface area contributed by atoms with E-state index in [1.807, 2.05) is 12.1 Å². The van der Waals surface area contributed by atoms with Gasteiger partial charge in [0.2, 0.25) is 0 Å². The van der Waals surface area contributed by atoms with E-state index in [0.29, 0.717) is 27.6 Å². The molecule has 0 unspecified atom stereocenters. The Morgan fingerprint density at radius 2 is 2.16 bits per heavy atom. The van der Waals surface area contributed by atoms with Gasteiger partial charge in [0.15, 0.2) is 0 Å². The zero-order valence-corrected chi connectivity index (χ0v) is 13.0. The second-order valence-electron chi connectivity index (χ2n) is 5.59. The van der Waals surface area contributed by atoms with Crippen LogP contribution in [0.15, 0.2) is 18.2 Å². The molecule has 0 aromatic heterocycles. The van der Waals surface area contributed by atoms with E-state index in [-0.39, 0.29) is 6.10 Å². The van der Waals surface area contributed by atoms with Gasteiger partial charge in [-0.15, -0.1) is 0 Å². The number of halogens is 2. The number of nitrogens with one attached hydrogen (secondary N) is 1. The third kappa shape index (κ3) is 4.01. The van der Waals surface area contributed by atoms with Crippen LogP contribution in [0.3, 0.4) is 0 Å². The van der Waals surface area contributed by atoms with Crippen molar-refractivity contribution in [1.82, 2.24) is 5.32 Å². The van der Waals surface area contributed by atoms with Gasteiger partial charge in [0.25, 0.3) is 0 Å². The highest BCUT2D eigenvalue weighted by atomic mass is 35.5. The summed E-state index contributed by atoms with van der Waals surface area (Å²) in [7, 11) is 0. The first-order chi connectivity index (χ1) is 9.08. The van der Waals surface area contributed by atoms with Gasteiger partial charge in [-0.3, -0.25) is 0 Å². The molecule has 1 aliphatic heterocycles. The fraction of sp³-hybridized carbons (Fsp3) is 0.600. The zero-order chi connectivity index (χ0) is 13.8. The summed E-state index contributed by atoms with van der Waals surface area (Å²) < 4.78 is 6.16. The molecule has 106 valence electrons. The van der Waals surface area contributed by atoms with Crippen LogP contribution in [0.2, 0.25) is 10.0 Å². The summed E-state index contributed by atoms with van der Waals surface area (Å²) in [5.74, 6) is 1.85. The summed E-state index contributed by atoms with van der Waals surface area (Å²) >= 11 is 12.2. The molecular weight excluding hydrogens is 281 g/mol. The Bertz CT molecular complexity index is 417. The van der Waals surface area contributed by atoms with Crippen LogP contribution in [0.4, 0.5) is 0 Å². The second kappa shape index (κ2) is 6.83. The van der Waals surface area contributed by atoms with Crippen LogP contribution in [-0.2, 0) is 0 Å². The first kappa shape index (κ1) is 15.0. The fourth-order valence-corrected chi connectivity index (χ4v) is 2.87. The molecule has 0 spiro atoms. The van der Waals surface area contributed by atoms with Crippen LogP contribution in [0, 0.1) is 11.8 Å². The molecular formula is C15H21Cl2NO. The highest BCUT2D eigenvalue weighted by Crippen LogP contribution is 2.34. The Morgan fingerprint density at radius 1 is 1.37 bits per heavy atom. The first-order valence-corrected chi connectivity index (χ1v) is 7.65. The molecule has 1 heterocycles. The Morgan fingerprint density at radius 3 is 2.79 bits per heavy atom. The normalized spacial score (nSPS) is 20.8. The monoisotopic (exact) mass is 301 g/mol. The molecule has 1 saturated heterocycles. The maximum atomic E-state index is 6.21. The highest BCUT2D eigenvalue weighted by molar-refractivity contribution is 6.42. The van der Waals surface area contributed by atoms with Gasteiger partial charge in [-0.1, -0.05) is 43.1 Å². The van der Waals surface area contributed by atoms with E-state index in [0.717, 1.165) is 25.9 Å². The summed E-state index contributed by atoms with van der Waals surface area (Å²) in [6.07, 6.45) is 2.40. The van der Waals surface area contributed by atoms with Gasteiger partial charge in [-0.2, -0.15) is 0 Å². The van der Waals surface area contributed by atoms with Crippen molar-refractivity contribution in [3.63, 3.8) is 0 Å². The van der Waals surface area contributed by atoms with E-state index in [4.69, 9.17) is 27.9 Å². The van der Waals surface area contributed by atoms with Crippen molar-refractivity contribution >= 4 is 23.2 Å². The molecule has 0 amide bonds. The molecule has 1 aromatic carbocycles. The fourth-order valence-electron chi connectivity index (χ4n) is 2.53. The molecule has 0 saturated carbocycles. The van der Waals surface area contributed by atoms with Gasteiger partial charge < -0.3 is 10.1 Å². The molecule has 2 atom stereocenters. The van der Waals surface area contributed by atoms with Crippen LogP contribution in [-0.4, -0.2) is 19.2 Å². The van der Waals surface area contributed by atoms with Gasteiger partial charge in [0.05, 0.1) is 5.02 Å². The van der Waals surface area contributed by atoms with Gasteiger partial charge in [0.1, 0.15) is 16.9 Å². The number of ether oxygens (including phenoxy) is 1. The third-order valence-corrected chi connectivity index (χ3v) is 4.32. The van der Waals surface area contributed by atoms with Crippen molar-refractivity contribution in [2.75, 3.05) is 13.1 Å². The van der Waals surface area contributed by atoms with Crippen molar-refractivity contribution in [2.24, 2.45) is 11.8 Å². The lowest BCUT2D eigenvalue weighted by Gasteiger charge is -2.26. The molecule has 2 rings (SSSR count). The smallest absolute Gasteiger partial charge is 0.139 e. The quantitative estimate of drug-likeness (QED) is 0.870. The van der Waals surface area contributed by atoms with E-state index in [2.05, 4.69) is 19.2 Å². The van der Waals surface area contributed by atoms with Gasteiger partial charge in [-0.25, -0.2) is 0 Å². The Labute approximate surface area is 125 Å². The summed E-state index contributed by atoms with van der Waals surface area (Å²) in [6, 6.07) is 5.55. The average molecular weight is 302 g/mol. The van der Waals surface area contributed by atoms with E-state index >= 15 is 0 Å². The zero-order valence-electron chi connectivity index (χ0n) is 11.5. The van der Waals surface area contributed by atoms with E-state index in [9.17, 15) is 0 Å². The summed E-state index contributed by atoms with van der Waals surface area (Å²) in [5.41, 5.74) is 0. The van der Waals surface area contributed by atoms with Crippen molar-refractivity contribution in [3.05, 3.63) is 28.2 Å². The molecule has 0 aliphatic carbocycles. The predicted molar refractivity (Wildman–Crippen MR) is 81.3 cm³/mol. The standard InChI is InChI=1S/C15H21Cl2NO/c1-10(2)8-14(11-6-7-18-9-11)19-13-5-3-4-12(16)15(13)17/h3-5,10-11,14,18H,6-9H2,1-2H3/t11-,14+/m0/s1. The molecule has 1 aromatic rings. The minimum atomic E-state index is 0.200. The number of hydrogen-bond donors (Lipinski definition) is 1. The van der Waals surface area contributed by atoms with E-state index in [1.54, 1.807) is 6.07 Å². The van der Waals surface area contributed by atoms with Crippen molar-refractivity contribution < 1.29 is 4.74 Å². The summed E-state index contributed by atoms with van der Waals surface area (Å²) in [6.45, 7) is 6.54.